The van der Waals surface area contributed by atoms with Crippen LogP contribution in [-0.4, -0.2) is 69.1 Å². The van der Waals surface area contributed by atoms with Crippen LogP contribution in [0.25, 0.3) is 0 Å². The molecule has 0 aliphatic carbocycles. The van der Waals surface area contributed by atoms with Crippen LogP contribution in [0.2, 0.25) is 5.02 Å². The fraction of sp³-hybridized carbons (Fsp3) is 0.333. The number of benzene rings is 2. The zero-order valence-electron chi connectivity index (χ0n) is 20.4. The molecule has 0 N–H and O–H groups in total. The number of piperazine rings is 1. The third kappa shape index (κ3) is 4.29. The highest BCUT2D eigenvalue weighted by Crippen LogP contribution is 2.47. The van der Waals surface area contributed by atoms with E-state index in [9.17, 15) is 9.59 Å². The second kappa shape index (κ2) is 10.0. The molecule has 7 nitrogen and oxygen atoms in total. The Morgan fingerprint density at radius 2 is 1.72 bits per heavy atom. The van der Waals surface area contributed by atoms with Crippen molar-refractivity contribution in [3.05, 3.63) is 74.9 Å². The Morgan fingerprint density at radius 1 is 1.00 bits per heavy atom. The fourth-order valence-corrected chi connectivity index (χ4v) is 6.27. The summed E-state index contributed by atoms with van der Waals surface area (Å²) in [5.74, 6) is 0.279. The number of amides is 2. The summed E-state index contributed by atoms with van der Waals surface area (Å²) >= 11 is 7.74. The predicted molar refractivity (Wildman–Crippen MR) is 142 cm³/mol. The number of hydrogen-bond acceptors (Lipinski definition) is 6. The number of rotatable bonds is 5. The van der Waals surface area contributed by atoms with Gasteiger partial charge in [0.05, 0.1) is 26.2 Å². The Kier molecular flexibility index (Phi) is 6.81. The lowest BCUT2D eigenvalue weighted by Crippen LogP contribution is -2.53. The summed E-state index contributed by atoms with van der Waals surface area (Å²) in [7, 11) is 4.87. The van der Waals surface area contributed by atoms with Crippen molar-refractivity contribution in [2.24, 2.45) is 0 Å². The number of fused-ring (bicyclic) bond motifs is 1. The molecule has 0 radical (unpaired) electrons. The summed E-state index contributed by atoms with van der Waals surface area (Å²) in [5.41, 5.74) is 2.20. The number of ether oxygens (including phenoxy) is 2. The molecule has 2 amide bonds. The molecule has 1 saturated heterocycles. The average Bonchev–Trinajstić information content (AvgIpc) is 3.44. The first-order chi connectivity index (χ1) is 17.4. The van der Waals surface area contributed by atoms with Crippen molar-refractivity contribution in [3.63, 3.8) is 0 Å². The van der Waals surface area contributed by atoms with Gasteiger partial charge in [-0.3, -0.25) is 9.59 Å². The molecular formula is C27H28ClN3O4S. The molecule has 36 heavy (non-hydrogen) atoms. The summed E-state index contributed by atoms with van der Waals surface area (Å²) in [5, 5.41) is 2.67. The van der Waals surface area contributed by atoms with Gasteiger partial charge in [0.15, 0.2) is 11.5 Å². The number of hydrogen-bond donors (Lipinski definition) is 0. The zero-order chi connectivity index (χ0) is 25.4. The fourth-order valence-electron chi connectivity index (χ4n) is 5.18. The van der Waals surface area contributed by atoms with Crippen LogP contribution in [0.1, 0.15) is 32.8 Å². The Bertz CT molecular complexity index is 1270. The lowest BCUT2D eigenvalue weighted by atomic mass is 9.81. The zero-order valence-corrected chi connectivity index (χ0v) is 22.0. The molecule has 1 aromatic heterocycles. The molecule has 0 spiro atoms. The topological polar surface area (TPSA) is 62.3 Å². The van der Waals surface area contributed by atoms with Gasteiger partial charge in [0.2, 0.25) is 5.91 Å². The molecule has 0 bridgehead atoms. The normalized spacial score (nSPS) is 19.8. The van der Waals surface area contributed by atoms with Crippen molar-refractivity contribution in [2.75, 3.05) is 52.3 Å². The van der Waals surface area contributed by atoms with Crippen molar-refractivity contribution in [2.45, 2.75) is 12.0 Å². The molecular weight excluding hydrogens is 498 g/mol. The Morgan fingerprint density at radius 3 is 2.36 bits per heavy atom. The highest BCUT2D eigenvalue weighted by atomic mass is 35.5. The molecule has 1 fully saturated rings. The van der Waals surface area contributed by atoms with Gasteiger partial charge in [-0.2, -0.15) is 0 Å². The standard InChI is InChI=1S/C27H28ClN3O4S/c1-29-25(23-8-5-13-36-23)24(19-15-21(34-2)22(35-3)16-20(19)26(29)32)27(33)31-11-9-30(10-12-31)18-7-4-6-17(28)14-18/h4-8,13-16,24-25H,9-12H2,1-3H3/t24-,25-/m1/s1. The van der Waals surface area contributed by atoms with Gasteiger partial charge in [-0.15, -0.1) is 11.3 Å². The van der Waals surface area contributed by atoms with Gasteiger partial charge in [-0.1, -0.05) is 23.7 Å². The van der Waals surface area contributed by atoms with E-state index in [1.807, 2.05) is 46.7 Å². The van der Waals surface area contributed by atoms with Crippen LogP contribution in [0.3, 0.4) is 0 Å². The minimum atomic E-state index is -0.557. The molecule has 2 aliphatic heterocycles. The van der Waals surface area contributed by atoms with E-state index in [-0.39, 0.29) is 11.8 Å². The van der Waals surface area contributed by atoms with Crippen LogP contribution in [0.15, 0.2) is 53.9 Å². The lowest BCUT2D eigenvalue weighted by Gasteiger charge is -2.43. The van der Waals surface area contributed by atoms with Crippen LogP contribution < -0.4 is 14.4 Å². The molecule has 5 rings (SSSR count). The number of carbonyl (C=O) groups is 2. The monoisotopic (exact) mass is 525 g/mol. The van der Waals surface area contributed by atoms with Crippen molar-refractivity contribution < 1.29 is 19.1 Å². The largest absolute Gasteiger partial charge is 0.493 e. The Balaban J connectivity index is 1.50. The number of likely N-dealkylation sites (N-methyl/N-ethyl adjacent to an activating group) is 1. The molecule has 2 atom stereocenters. The molecule has 2 aromatic carbocycles. The maximum atomic E-state index is 14.2. The van der Waals surface area contributed by atoms with E-state index < -0.39 is 12.0 Å². The molecule has 0 unspecified atom stereocenters. The number of methoxy groups -OCH3 is 2. The van der Waals surface area contributed by atoms with Crippen LogP contribution in [0, 0.1) is 0 Å². The van der Waals surface area contributed by atoms with Crippen molar-refractivity contribution in [1.82, 2.24) is 9.80 Å². The Labute approximate surface area is 219 Å². The SMILES string of the molecule is COc1cc2c(cc1OC)[C@@H](C(=O)N1CCN(c3cccc(Cl)c3)CC1)[C@@H](c1cccs1)N(C)C2=O. The van der Waals surface area contributed by atoms with Gasteiger partial charge < -0.3 is 24.2 Å². The number of carbonyl (C=O) groups excluding carboxylic acids is 2. The van der Waals surface area contributed by atoms with Gasteiger partial charge in [-0.05, 0) is 47.3 Å². The van der Waals surface area contributed by atoms with Crippen LogP contribution in [0.4, 0.5) is 5.69 Å². The van der Waals surface area contributed by atoms with Crippen molar-refractivity contribution in [1.29, 1.82) is 0 Å². The third-order valence-corrected chi connectivity index (χ3v) is 8.22. The highest BCUT2D eigenvalue weighted by Gasteiger charge is 2.45. The lowest BCUT2D eigenvalue weighted by molar-refractivity contribution is -0.134. The summed E-state index contributed by atoms with van der Waals surface area (Å²) in [6.45, 7) is 2.57. The average molecular weight is 526 g/mol. The van der Waals surface area contributed by atoms with Gasteiger partial charge >= 0.3 is 0 Å². The first-order valence-corrected chi connectivity index (χ1v) is 13.0. The maximum absolute atomic E-state index is 14.2. The number of thiophene rings is 1. The molecule has 2 aliphatic rings. The Hall–Kier alpha value is -3.23. The number of halogens is 1. The number of nitrogens with zero attached hydrogens (tertiary/aromatic N) is 3. The number of anilines is 1. The summed E-state index contributed by atoms with van der Waals surface area (Å²) in [4.78, 5) is 34.5. The van der Waals surface area contributed by atoms with E-state index >= 15 is 0 Å². The summed E-state index contributed by atoms with van der Waals surface area (Å²) < 4.78 is 11.0. The second-order valence-electron chi connectivity index (χ2n) is 8.94. The van der Waals surface area contributed by atoms with Crippen LogP contribution in [0.5, 0.6) is 11.5 Å². The molecule has 9 heteroatoms. The first kappa shape index (κ1) is 24.5. The van der Waals surface area contributed by atoms with Gasteiger partial charge in [0.25, 0.3) is 5.91 Å². The van der Waals surface area contributed by atoms with Gasteiger partial charge in [-0.25, -0.2) is 0 Å². The molecule has 3 aromatic rings. The minimum Gasteiger partial charge on any atom is -0.493 e. The molecule has 3 heterocycles. The minimum absolute atomic E-state index is 0.00645. The smallest absolute Gasteiger partial charge is 0.254 e. The summed E-state index contributed by atoms with van der Waals surface area (Å²) in [6, 6.07) is 14.8. The van der Waals surface area contributed by atoms with Gasteiger partial charge in [0, 0.05) is 54.4 Å². The van der Waals surface area contributed by atoms with E-state index in [0.717, 1.165) is 10.6 Å². The van der Waals surface area contributed by atoms with Crippen LogP contribution in [-0.2, 0) is 4.79 Å². The van der Waals surface area contributed by atoms with E-state index in [4.69, 9.17) is 21.1 Å². The van der Waals surface area contributed by atoms with Gasteiger partial charge in [0.1, 0.15) is 0 Å². The van der Waals surface area contributed by atoms with E-state index in [2.05, 4.69) is 4.90 Å². The molecule has 188 valence electrons. The van der Waals surface area contributed by atoms with Crippen molar-refractivity contribution >= 4 is 40.4 Å². The van der Waals surface area contributed by atoms with E-state index in [1.165, 1.54) is 7.11 Å². The van der Waals surface area contributed by atoms with Crippen molar-refractivity contribution in [3.8, 4) is 11.5 Å². The van der Waals surface area contributed by atoms with E-state index in [1.54, 1.807) is 42.5 Å². The highest BCUT2D eigenvalue weighted by molar-refractivity contribution is 7.10. The van der Waals surface area contributed by atoms with Crippen LogP contribution >= 0.6 is 22.9 Å². The third-order valence-electron chi connectivity index (χ3n) is 7.04. The summed E-state index contributed by atoms with van der Waals surface area (Å²) in [6.07, 6.45) is 0. The maximum Gasteiger partial charge on any atom is 0.254 e. The first-order valence-electron chi connectivity index (χ1n) is 11.8. The second-order valence-corrected chi connectivity index (χ2v) is 10.4. The molecule has 0 saturated carbocycles. The van der Waals surface area contributed by atoms with E-state index in [0.29, 0.717) is 53.8 Å². The predicted octanol–water partition coefficient (Wildman–Crippen LogP) is 4.68. The quantitative estimate of drug-likeness (QED) is 0.484.